The van der Waals surface area contributed by atoms with Gasteiger partial charge in [-0.05, 0) is 19.1 Å². The predicted molar refractivity (Wildman–Crippen MR) is 74.9 cm³/mol. The van der Waals surface area contributed by atoms with Gasteiger partial charge in [0.05, 0.1) is 23.3 Å². The largest absolute Gasteiger partial charge is 0.481 e. The predicted octanol–water partition coefficient (Wildman–Crippen LogP) is 2.36. The summed E-state index contributed by atoms with van der Waals surface area (Å²) in [6.45, 7) is 1.91. The lowest BCUT2D eigenvalue weighted by Gasteiger charge is -2.11. The highest BCUT2D eigenvalue weighted by Crippen LogP contribution is 2.23. The second kappa shape index (κ2) is 4.77. The third kappa shape index (κ3) is 2.14. The van der Waals surface area contributed by atoms with E-state index in [1.807, 2.05) is 48.0 Å². The van der Waals surface area contributed by atoms with E-state index in [0.29, 0.717) is 5.69 Å². The molecule has 0 bridgehead atoms. The first-order valence-electron chi connectivity index (χ1n) is 6.26. The van der Waals surface area contributed by atoms with Crippen LogP contribution in [0.5, 0.6) is 0 Å². The highest BCUT2D eigenvalue weighted by molar-refractivity contribution is 5.88. The molecule has 0 saturated heterocycles. The molecule has 0 unspecified atom stereocenters. The number of aromatic nitrogens is 3. The Kier molecular flexibility index (Phi) is 2.95. The maximum Gasteiger partial charge on any atom is 0.309 e. The van der Waals surface area contributed by atoms with Crippen LogP contribution < -0.4 is 0 Å². The Morgan fingerprint density at radius 2 is 2.15 bits per heavy atom. The minimum atomic E-state index is -0.888. The molecule has 0 aliphatic rings. The molecule has 0 saturated carbocycles. The van der Waals surface area contributed by atoms with Gasteiger partial charge in [0.2, 0.25) is 0 Å². The first-order valence-corrected chi connectivity index (χ1v) is 6.26. The summed E-state index contributed by atoms with van der Waals surface area (Å²) < 4.78 is 1.94. The van der Waals surface area contributed by atoms with Gasteiger partial charge in [0, 0.05) is 17.8 Å². The molecule has 5 nitrogen and oxygen atoms in total. The molecular weight excluding hydrogens is 254 g/mol. The quantitative estimate of drug-likeness (QED) is 0.791. The molecule has 0 fully saturated rings. The minimum absolute atomic E-state index is 0.0917. The van der Waals surface area contributed by atoms with E-state index in [0.717, 1.165) is 22.4 Å². The second-order valence-corrected chi connectivity index (χ2v) is 4.56. The Morgan fingerprint density at radius 3 is 2.85 bits per heavy atom. The van der Waals surface area contributed by atoms with Crippen LogP contribution in [0.25, 0.3) is 16.6 Å². The monoisotopic (exact) mass is 267 g/mol. The molecule has 2 heterocycles. The van der Waals surface area contributed by atoms with Crippen molar-refractivity contribution in [3.8, 4) is 5.69 Å². The third-order valence-electron chi connectivity index (χ3n) is 3.17. The average Bonchev–Trinajstić information content (AvgIpc) is 2.83. The van der Waals surface area contributed by atoms with E-state index in [2.05, 4.69) is 9.97 Å². The fraction of sp³-hybridized carbons (Fsp3) is 0.133. The molecule has 0 atom stereocenters. The number of fused-ring (bicyclic) bond motifs is 1. The number of rotatable bonds is 3. The number of aryl methyl sites for hydroxylation is 1. The number of hydrogen-bond acceptors (Lipinski definition) is 3. The summed E-state index contributed by atoms with van der Waals surface area (Å²) in [5, 5.41) is 9.93. The van der Waals surface area contributed by atoms with Crippen LogP contribution in [0.4, 0.5) is 0 Å². The highest BCUT2D eigenvalue weighted by Gasteiger charge is 2.11. The number of carboxylic acids is 1. The number of carboxylic acid groups (broad SMARTS) is 1. The van der Waals surface area contributed by atoms with Gasteiger partial charge in [0.1, 0.15) is 5.82 Å². The molecule has 1 N–H and O–H groups in total. The molecule has 2 aromatic heterocycles. The maximum absolute atomic E-state index is 10.9. The van der Waals surface area contributed by atoms with Crippen LogP contribution in [0.2, 0.25) is 0 Å². The number of hydrogen-bond donors (Lipinski definition) is 1. The van der Waals surface area contributed by atoms with Crippen molar-refractivity contribution < 1.29 is 9.90 Å². The van der Waals surface area contributed by atoms with Gasteiger partial charge in [-0.15, -0.1) is 0 Å². The zero-order valence-corrected chi connectivity index (χ0v) is 10.9. The van der Waals surface area contributed by atoms with E-state index in [1.165, 1.54) is 0 Å². The number of pyridine rings is 1. The number of aliphatic carboxylic acids is 1. The van der Waals surface area contributed by atoms with Crippen molar-refractivity contribution in [2.24, 2.45) is 0 Å². The van der Waals surface area contributed by atoms with Gasteiger partial charge in [-0.2, -0.15) is 0 Å². The number of benzene rings is 1. The summed E-state index contributed by atoms with van der Waals surface area (Å²) in [6, 6.07) is 9.50. The van der Waals surface area contributed by atoms with Gasteiger partial charge in [0.25, 0.3) is 0 Å². The SMILES string of the molecule is Cc1nccn1-c1cc(CC(=O)O)nc2ccccc12. The van der Waals surface area contributed by atoms with Crippen LogP contribution in [0.1, 0.15) is 11.5 Å². The van der Waals surface area contributed by atoms with Gasteiger partial charge in [-0.1, -0.05) is 18.2 Å². The van der Waals surface area contributed by atoms with Crippen LogP contribution in [0.15, 0.2) is 42.7 Å². The molecule has 0 aliphatic carbocycles. The molecule has 5 heteroatoms. The fourth-order valence-electron chi connectivity index (χ4n) is 2.29. The van der Waals surface area contributed by atoms with E-state index in [-0.39, 0.29) is 6.42 Å². The Labute approximate surface area is 115 Å². The summed E-state index contributed by atoms with van der Waals surface area (Å²) in [5.74, 6) is -0.0382. The molecular formula is C15H13N3O2. The van der Waals surface area contributed by atoms with E-state index in [9.17, 15) is 4.79 Å². The Hall–Kier alpha value is -2.69. The van der Waals surface area contributed by atoms with Crippen molar-refractivity contribution in [3.63, 3.8) is 0 Å². The minimum Gasteiger partial charge on any atom is -0.481 e. The van der Waals surface area contributed by atoms with Crippen LogP contribution in [-0.4, -0.2) is 25.6 Å². The number of para-hydroxylation sites is 1. The van der Waals surface area contributed by atoms with Gasteiger partial charge < -0.3 is 9.67 Å². The fourth-order valence-corrected chi connectivity index (χ4v) is 2.29. The molecule has 0 radical (unpaired) electrons. The summed E-state index contributed by atoms with van der Waals surface area (Å²) in [7, 11) is 0. The normalized spacial score (nSPS) is 10.8. The van der Waals surface area contributed by atoms with E-state index < -0.39 is 5.97 Å². The van der Waals surface area contributed by atoms with Crippen molar-refractivity contribution in [1.82, 2.24) is 14.5 Å². The lowest BCUT2D eigenvalue weighted by atomic mass is 10.1. The van der Waals surface area contributed by atoms with Crippen molar-refractivity contribution >= 4 is 16.9 Å². The van der Waals surface area contributed by atoms with Gasteiger partial charge >= 0.3 is 5.97 Å². The second-order valence-electron chi connectivity index (χ2n) is 4.56. The van der Waals surface area contributed by atoms with Crippen molar-refractivity contribution in [1.29, 1.82) is 0 Å². The summed E-state index contributed by atoms with van der Waals surface area (Å²) in [5.41, 5.74) is 2.23. The van der Waals surface area contributed by atoms with Crippen LogP contribution in [-0.2, 0) is 11.2 Å². The van der Waals surface area contributed by atoms with Gasteiger partial charge in [-0.25, -0.2) is 4.98 Å². The molecule has 3 aromatic rings. The zero-order chi connectivity index (χ0) is 14.1. The topological polar surface area (TPSA) is 68.0 Å². The molecule has 1 aromatic carbocycles. The van der Waals surface area contributed by atoms with Crippen molar-refractivity contribution in [2.45, 2.75) is 13.3 Å². The van der Waals surface area contributed by atoms with Gasteiger partial charge in [-0.3, -0.25) is 9.78 Å². The van der Waals surface area contributed by atoms with Crippen LogP contribution >= 0.6 is 0 Å². The first-order chi connectivity index (χ1) is 9.65. The summed E-state index contributed by atoms with van der Waals surface area (Å²) >= 11 is 0. The first kappa shape index (κ1) is 12.3. The Morgan fingerprint density at radius 1 is 1.35 bits per heavy atom. The van der Waals surface area contributed by atoms with E-state index in [1.54, 1.807) is 6.20 Å². The molecule has 0 aliphatic heterocycles. The van der Waals surface area contributed by atoms with E-state index in [4.69, 9.17) is 5.11 Å². The maximum atomic E-state index is 10.9. The number of nitrogens with zero attached hydrogens (tertiary/aromatic N) is 3. The van der Waals surface area contributed by atoms with Crippen molar-refractivity contribution in [2.75, 3.05) is 0 Å². The Bertz CT molecular complexity index is 793. The van der Waals surface area contributed by atoms with E-state index >= 15 is 0 Å². The lowest BCUT2D eigenvalue weighted by molar-refractivity contribution is -0.136. The third-order valence-corrected chi connectivity index (χ3v) is 3.17. The average molecular weight is 267 g/mol. The van der Waals surface area contributed by atoms with Crippen molar-refractivity contribution in [3.05, 3.63) is 54.2 Å². The molecule has 100 valence electrons. The van der Waals surface area contributed by atoms with Crippen LogP contribution in [0, 0.1) is 6.92 Å². The highest BCUT2D eigenvalue weighted by atomic mass is 16.4. The summed E-state index contributed by atoms with van der Waals surface area (Å²) in [6.07, 6.45) is 3.49. The molecule has 3 rings (SSSR count). The molecule has 20 heavy (non-hydrogen) atoms. The standard InChI is InChI=1S/C15H13N3O2/c1-10-16-6-7-18(10)14-8-11(9-15(19)20)17-13-5-3-2-4-12(13)14/h2-8H,9H2,1H3,(H,19,20). The van der Waals surface area contributed by atoms with Crippen LogP contribution in [0.3, 0.4) is 0 Å². The van der Waals surface area contributed by atoms with Gasteiger partial charge in [0.15, 0.2) is 0 Å². The Balaban J connectivity index is 2.28. The molecule has 0 spiro atoms. The number of imidazole rings is 1. The number of carbonyl (C=O) groups is 1. The lowest BCUT2D eigenvalue weighted by Crippen LogP contribution is -2.05. The summed E-state index contributed by atoms with van der Waals surface area (Å²) in [4.78, 5) is 19.5. The smallest absolute Gasteiger partial charge is 0.309 e. The zero-order valence-electron chi connectivity index (χ0n) is 10.9. The molecule has 0 amide bonds.